The summed E-state index contributed by atoms with van der Waals surface area (Å²) in [7, 11) is 3.38. The average Bonchev–Trinajstić information content (AvgIpc) is 2.31. The lowest BCUT2D eigenvalue weighted by Gasteiger charge is -2.15. The maximum atomic E-state index is 13.9. The number of benzene rings is 1. The highest BCUT2D eigenvalue weighted by Crippen LogP contribution is 2.32. The van der Waals surface area contributed by atoms with Crippen LogP contribution < -0.4 is 5.43 Å². The number of nitrogens with zero attached hydrogens (tertiary/aromatic N) is 3. The van der Waals surface area contributed by atoms with Crippen molar-refractivity contribution in [1.29, 1.82) is 0 Å². The van der Waals surface area contributed by atoms with Crippen LogP contribution in [0, 0.1) is 15.9 Å². The second-order valence-corrected chi connectivity index (χ2v) is 3.92. The third-order valence-corrected chi connectivity index (χ3v) is 2.35. The van der Waals surface area contributed by atoms with Gasteiger partial charge in [0.1, 0.15) is 11.2 Å². The van der Waals surface area contributed by atoms with Gasteiger partial charge in [0.05, 0.1) is 16.4 Å². The molecule has 0 saturated carbocycles. The van der Waals surface area contributed by atoms with E-state index in [-0.39, 0.29) is 16.9 Å². The number of halogens is 1. The first-order chi connectivity index (χ1) is 8.50. The number of nitro benzene ring substituents is 1. The average molecular weight is 250 g/mol. The number of nitro groups is 1. The lowest BCUT2D eigenvalue weighted by molar-refractivity contribution is -0.383. The quantitative estimate of drug-likeness (QED) is 0.667. The predicted molar refractivity (Wildman–Crippen MR) is 65.7 cm³/mol. The van der Waals surface area contributed by atoms with Crippen molar-refractivity contribution in [3.8, 4) is 0 Å². The van der Waals surface area contributed by atoms with Gasteiger partial charge in [-0.3, -0.25) is 15.1 Å². The minimum Gasteiger partial charge on any atom is -0.315 e. The molecule has 2 aromatic rings. The summed E-state index contributed by atoms with van der Waals surface area (Å²) in [6.07, 6.45) is 1.46. The van der Waals surface area contributed by atoms with Crippen molar-refractivity contribution >= 4 is 22.3 Å². The number of anilines is 1. The van der Waals surface area contributed by atoms with Crippen LogP contribution in [0.3, 0.4) is 0 Å². The van der Waals surface area contributed by atoms with Gasteiger partial charge < -0.3 is 5.43 Å². The smallest absolute Gasteiger partial charge is 0.281 e. The van der Waals surface area contributed by atoms with Gasteiger partial charge in [0.25, 0.3) is 5.69 Å². The fourth-order valence-corrected chi connectivity index (χ4v) is 1.68. The third-order valence-electron chi connectivity index (χ3n) is 2.35. The normalized spacial score (nSPS) is 10.9. The molecule has 0 aliphatic heterocycles. The van der Waals surface area contributed by atoms with E-state index in [0.717, 1.165) is 6.07 Å². The van der Waals surface area contributed by atoms with Gasteiger partial charge in [-0.15, -0.1) is 0 Å². The zero-order valence-electron chi connectivity index (χ0n) is 9.85. The minimum absolute atomic E-state index is 0.126. The van der Waals surface area contributed by atoms with Crippen LogP contribution in [0.25, 0.3) is 10.9 Å². The Labute approximate surface area is 102 Å². The molecule has 0 atom stereocenters. The van der Waals surface area contributed by atoms with Crippen molar-refractivity contribution in [3.05, 3.63) is 40.3 Å². The third kappa shape index (κ3) is 2.07. The maximum Gasteiger partial charge on any atom is 0.281 e. The van der Waals surface area contributed by atoms with Crippen LogP contribution >= 0.6 is 0 Å². The van der Waals surface area contributed by atoms with Gasteiger partial charge in [0.2, 0.25) is 0 Å². The van der Waals surface area contributed by atoms with Gasteiger partial charge in [0, 0.05) is 20.3 Å². The summed E-state index contributed by atoms with van der Waals surface area (Å²) in [6, 6.07) is 4.02. The number of rotatable bonds is 3. The maximum absolute atomic E-state index is 13.9. The highest BCUT2D eigenvalue weighted by Gasteiger charge is 2.20. The zero-order chi connectivity index (χ0) is 13.3. The standard InChI is InChI=1S/C11H11FN4O2/c1-15(2)14-11-8(12)6-9(16(17)18)7-4-3-5-13-10(7)11/h3-6,14H,1-2H3. The number of nitrogens with one attached hydrogen (secondary N) is 1. The molecule has 0 amide bonds. The fourth-order valence-electron chi connectivity index (χ4n) is 1.68. The first kappa shape index (κ1) is 12.2. The summed E-state index contributed by atoms with van der Waals surface area (Å²) in [6.45, 7) is 0. The van der Waals surface area contributed by atoms with Crippen molar-refractivity contribution in [3.63, 3.8) is 0 Å². The topological polar surface area (TPSA) is 71.3 Å². The van der Waals surface area contributed by atoms with Gasteiger partial charge >= 0.3 is 0 Å². The van der Waals surface area contributed by atoms with Crippen LogP contribution in [0.4, 0.5) is 15.8 Å². The second-order valence-electron chi connectivity index (χ2n) is 3.92. The number of hydrogen-bond donors (Lipinski definition) is 1. The Bertz CT molecular complexity index is 615. The van der Waals surface area contributed by atoms with E-state index in [1.165, 1.54) is 6.20 Å². The van der Waals surface area contributed by atoms with Gasteiger partial charge in [-0.05, 0) is 12.1 Å². The largest absolute Gasteiger partial charge is 0.315 e. The van der Waals surface area contributed by atoms with E-state index in [1.807, 2.05) is 0 Å². The van der Waals surface area contributed by atoms with E-state index in [0.29, 0.717) is 5.39 Å². The molecule has 2 rings (SSSR count). The second kappa shape index (κ2) is 4.53. The molecule has 1 aromatic carbocycles. The van der Waals surface area contributed by atoms with Crippen molar-refractivity contribution in [2.24, 2.45) is 0 Å². The Morgan fingerprint density at radius 1 is 1.50 bits per heavy atom. The summed E-state index contributed by atoms with van der Waals surface area (Å²) in [5, 5.41) is 12.7. The molecule has 7 heteroatoms. The van der Waals surface area contributed by atoms with E-state index in [1.54, 1.807) is 31.2 Å². The summed E-state index contributed by atoms with van der Waals surface area (Å²) in [5.41, 5.74) is 2.82. The molecule has 0 bridgehead atoms. The molecule has 1 aromatic heterocycles. The van der Waals surface area contributed by atoms with Crippen LogP contribution in [0.1, 0.15) is 0 Å². The van der Waals surface area contributed by atoms with E-state index in [2.05, 4.69) is 10.4 Å². The SMILES string of the molecule is CN(C)Nc1c(F)cc([N+](=O)[O-])c2cccnc12. The number of fused-ring (bicyclic) bond motifs is 1. The molecule has 18 heavy (non-hydrogen) atoms. The Balaban J connectivity index is 2.77. The first-order valence-electron chi connectivity index (χ1n) is 5.16. The molecule has 0 aliphatic carbocycles. The first-order valence-corrected chi connectivity index (χ1v) is 5.16. The van der Waals surface area contributed by atoms with Crippen LogP contribution in [0.15, 0.2) is 24.4 Å². The van der Waals surface area contributed by atoms with Crippen LogP contribution in [0.5, 0.6) is 0 Å². The molecule has 1 heterocycles. The summed E-state index contributed by atoms with van der Waals surface area (Å²) in [4.78, 5) is 14.3. The number of hydrazine groups is 1. The van der Waals surface area contributed by atoms with Crippen LogP contribution in [-0.4, -0.2) is 29.0 Å². The molecule has 6 nitrogen and oxygen atoms in total. The monoisotopic (exact) mass is 250 g/mol. The lowest BCUT2D eigenvalue weighted by Crippen LogP contribution is -2.21. The molecule has 0 saturated heterocycles. The molecule has 0 fully saturated rings. The molecule has 0 radical (unpaired) electrons. The Morgan fingerprint density at radius 2 is 2.22 bits per heavy atom. The van der Waals surface area contributed by atoms with Gasteiger partial charge in [-0.1, -0.05) is 0 Å². The predicted octanol–water partition coefficient (Wildman–Crippen LogP) is 2.17. The van der Waals surface area contributed by atoms with E-state index in [9.17, 15) is 14.5 Å². The molecule has 0 unspecified atom stereocenters. The highest BCUT2D eigenvalue weighted by atomic mass is 19.1. The number of aromatic nitrogens is 1. The Hall–Kier alpha value is -2.28. The van der Waals surface area contributed by atoms with E-state index in [4.69, 9.17) is 0 Å². The molecule has 94 valence electrons. The Morgan fingerprint density at radius 3 is 2.83 bits per heavy atom. The van der Waals surface area contributed by atoms with E-state index < -0.39 is 10.7 Å². The number of hydrogen-bond acceptors (Lipinski definition) is 5. The Kier molecular flexibility index (Phi) is 3.07. The summed E-state index contributed by atoms with van der Waals surface area (Å²) < 4.78 is 13.9. The molecule has 0 spiro atoms. The minimum atomic E-state index is -0.707. The van der Waals surface area contributed by atoms with Crippen LogP contribution in [-0.2, 0) is 0 Å². The van der Waals surface area contributed by atoms with Gasteiger partial charge in [-0.2, -0.15) is 0 Å². The van der Waals surface area contributed by atoms with Crippen LogP contribution in [0.2, 0.25) is 0 Å². The van der Waals surface area contributed by atoms with Crippen molar-refractivity contribution in [2.75, 3.05) is 19.5 Å². The lowest BCUT2D eigenvalue weighted by atomic mass is 10.1. The number of pyridine rings is 1. The van der Waals surface area contributed by atoms with Gasteiger partial charge in [-0.25, -0.2) is 9.40 Å². The van der Waals surface area contributed by atoms with Crippen molar-refractivity contribution in [1.82, 2.24) is 9.99 Å². The molecular weight excluding hydrogens is 239 g/mol. The highest BCUT2D eigenvalue weighted by molar-refractivity contribution is 5.96. The van der Waals surface area contributed by atoms with Gasteiger partial charge in [0.15, 0.2) is 5.82 Å². The molecular formula is C11H11FN4O2. The fraction of sp³-hybridized carbons (Fsp3) is 0.182. The zero-order valence-corrected chi connectivity index (χ0v) is 9.85. The summed E-state index contributed by atoms with van der Waals surface area (Å²) in [5.74, 6) is -0.707. The van der Waals surface area contributed by atoms with Crippen molar-refractivity contribution < 1.29 is 9.31 Å². The number of non-ortho nitro benzene ring substituents is 1. The molecule has 1 N–H and O–H groups in total. The van der Waals surface area contributed by atoms with E-state index >= 15 is 0 Å². The summed E-state index contributed by atoms with van der Waals surface area (Å²) >= 11 is 0. The molecule has 0 aliphatic rings. The van der Waals surface area contributed by atoms with Crippen molar-refractivity contribution in [2.45, 2.75) is 0 Å².